The fraction of sp³-hybridized carbons (Fsp3) is 0.0345. The number of para-hydroxylation sites is 2. The number of hydrogen-bond donors (Lipinski definition) is 0. The molecule has 7 nitrogen and oxygen atoms in total. The number of nitrogens with zero attached hydrogens (tertiary/aromatic N) is 2. The molecule has 2 aromatic heterocycles. The molecule has 0 saturated heterocycles. The van der Waals surface area contributed by atoms with E-state index in [1.165, 1.54) is 0 Å². The third-order valence-electron chi connectivity index (χ3n) is 11.3. The van der Waals surface area contributed by atoms with Crippen LogP contribution in [0.15, 0.2) is 231 Å². The molecule has 10 aromatic rings. The van der Waals surface area contributed by atoms with E-state index in [2.05, 4.69) is 0 Å². The quantitative estimate of drug-likeness (QED) is 0.113. The van der Waals surface area contributed by atoms with Crippen molar-refractivity contribution in [2.24, 2.45) is 0 Å². The number of carbonyl (C=O) groups excluding carboxylic acids is 2. The minimum atomic E-state index is -0.589. The molecular formula is C58H40N2O5. The molecular weight excluding hydrogens is 805 g/mol. The van der Waals surface area contributed by atoms with Crippen LogP contribution in [0.5, 0.6) is 11.5 Å². The van der Waals surface area contributed by atoms with Gasteiger partial charge >= 0.3 is 11.9 Å². The van der Waals surface area contributed by atoms with Crippen LogP contribution < -0.4 is 4.74 Å². The van der Waals surface area contributed by atoms with E-state index in [0.29, 0.717) is 55.8 Å². The molecule has 0 N–H and O–H groups in total. The molecule has 0 aliphatic rings. The molecule has 0 spiro atoms. The second-order valence-electron chi connectivity index (χ2n) is 15.5. The van der Waals surface area contributed by atoms with E-state index >= 15 is 0 Å². The van der Waals surface area contributed by atoms with Gasteiger partial charge in [0.25, 0.3) is 0 Å². The molecule has 312 valence electrons. The summed E-state index contributed by atoms with van der Waals surface area (Å²) in [7, 11) is 0. The molecule has 8 aromatic carbocycles. The predicted molar refractivity (Wildman–Crippen MR) is 255 cm³/mol. The van der Waals surface area contributed by atoms with Crippen LogP contribution in [0.4, 0.5) is 0 Å². The van der Waals surface area contributed by atoms with Crippen molar-refractivity contribution in [2.45, 2.75) is 12.2 Å². The van der Waals surface area contributed by atoms with Crippen molar-refractivity contribution >= 4 is 33.7 Å². The average Bonchev–Trinajstić information content (AvgIpc) is 3.38. The zero-order chi connectivity index (χ0) is 44.0. The minimum absolute atomic E-state index is 0.427. The van der Waals surface area contributed by atoms with Crippen molar-refractivity contribution in [3.05, 3.63) is 264 Å². The second kappa shape index (κ2) is 18.3. The lowest BCUT2D eigenvalue weighted by atomic mass is 10.0. The van der Waals surface area contributed by atoms with Gasteiger partial charge in [0, 0.05) is 21.9 Å². The van der Waals surface area contributed by atoms with Crippen LogP contribution in [-0.4, -0.2) is 21.9 Å². The number of aromatic nitrogens is 2. The fourth-order valence-electron chi connectivity index (χ4n) is 8.02. The highest BCUT2D eigenvalue weighted by atomic mass is 16.5. The first kappa shape index (κ1) is 40.4. The van der Waals surface area contributed by atoms with Gasteiger partial charge in [-0.1, -0.05) is 158 Å². The second-order valence-corrected chi connectivity index (χ2v) is 15.5. The molecule has 0 saturated carbocycles. The van der Waals surface area contributed by atoms with Crippen molar-refractivity contribution in [1.29, 1.82) is 0 Å². The lowest BCUT2D eigenvalue weighted by Gasteiger charge is -2.20. The van der Waals surface area contributed by atoms with Gasteiger partial charge in [0.1, 0.15) is 11.5 Å². The normalized spacial score (nSPS) is 11.2. The minimum Gasteiger partial charge on any atom is -0.457 e. The van der Waals surface area contributed by atoms with E-state index in [4.69, 9.17) is 24.2 Å². The Morgan fingerprint density at radius 2 is 0.662 bits per heavy atom. The summed E-state index contributed by atoms with van der Waals surface area (Å²) < 4.78 is 18.9. The van der Waals surface area contributed by atoms with Gasteiger partial charge in [-0.3, -0.25) is 0 Å². The van der Waals surface area contributed by atoms with Gasteiger partial charge in [-0.15, -0.1) is 0 Å². The number of carbonyl (C=O) groups is 2. The Kier molecular flexibility index (Phi) is 11.4. The van der Waals surface area contributed by atoms with E-state index in [-0.39, 0.29) is 0 Å². The lowest BCUT2D eigenvalue weighted by Crippen LogP contribution is -2.14. The molecule has 0 radical (unpaired) electrons. The molecule has 65 heavy (non-hydrogen) atoms. The summed E-state index contributed by atoms with van der Waals surface area (Å²) in [6, 6.07) is 73.0. The van der Waals surface area contributed by atoms with Crippen LogP contribution in [0.3, 0.4) is 0 Å². The van der Waals surface area contributed by atoms with Crippen molar-refractivity contribution in [3.8, 4) is 34.0 Å². The van der Waals surface area contributed by atoms with E-state index in [0.717, 1.165) is 33.4 Å². The number of fused-ring (bicyclic) bond motifs is 2. The maximum Gasteiger partial charge on any atom is 0.339 e. The summed E-state index contributed by atoms with van der Waals surface area (Å²) in [6.45, 7) is 0. The Labute approximate surface area is 376 Å². The Morgan fingerprint density at radius 1 is 0.354 bits per heavy atom. The first-order chi connectivity index (χ1) is 32.0. The molecule has 0 fully saturated rings. The van der Waals surface area contributed by atoms with Crippen LogP contribution in [0.1, 0.15) is 55.2 Å². The van der Waals surface area contributed by atoms with Crippen LogP contribution in [0.25, 0.3) is 44.3 Å². The monoisotopic (exact) mass is 844 g/mol. The largest absolute Gasteiger partial charge is 0.457 e. The predicted octanol–water partition coefficient (Wildman–Crippen LogP) is 13.8. The smallest absolute Gasteiger partial charge is 0.339 e. The number of esters is 2. The number of hydrogen-bond acceptors (Lipinski definition) is 7. The number of pyridine rings is 2. The molecule has 2 heterocycles. The molecule has 0 aliphatic heterocycles. The van der Waals surface area contributed by atoms with Crippen LogP contribution >= 0.6 is 0 Å². The highest BCUT2D eigenvalue weighted by molar-refractivity contribution is 6.05. The average molecular weight is 845 g/mol. The standard InChI is InChI=1S/C58H40N2O5/c61-57(64-55(41-17-5-1-6-18-41)42-19-7-2-8-20-42)49-37-53(59-51-27-15-13-25-47(49)51)39-29-33-45(34-30-39)63-46-35-31-40(32-36-46)54-38-50(48-26-14-16-28-52(48)60-54)58(62)65-56(43-21-9-3-10-22-43)44-23-11-4-12-24-44/h1-38,55-56H. The van der Waals surface area contributed by atoms with Crippen molar-refractivity contribution in [2.75, 3.05) is 0 Å². The Bertz CT molecular complexity index is 2950. The lowest BCUT2D eigenvalue weighted by molar-refractivity contribution is 0.0371. The van der Waals surface area contributed by atoms with E-state index in [1.807, 2.05) is 218 Å². The van der Waals surface area contributed by atoms with E-state index in [9.17, 15) is 9.59 Å². The Hall–Kier alpha value is -8.68. The van der Waals surface area contributed by atoms with Crippen molar-refractivity contribution in [3.63, 3.8) is 0 Å². The zero-order valence-electron chi connectivity index (χ0n) is 35.0. The SMILES string of the molecule is O=C(OC(c1ccccc1)c1ccccc1)c1cc(-c2ccc(Oc3ccc(-c4cc(C(=O)OC(c5ccccc5)c5ccccc5)c5ccccc5n4)cc3)cc2)nc2ccccc12. The fourth-order valence-corrected chi connectivity index (χ4v) is 8.02. The molecule has 0 amide bonds. The summed E-state index contributed by atoms with van der Waals surface area (Å²) in [5.41, 5.74) is 8.62. The first-order valence-electron chi connectivity index (χ1n) is 21.3. The van der Waals surface area contributed by atoms with E-state index in [1.54, 1.807) is 12.1 Å². The molecule has 0 unspecified atom stereocenters. The molecule has 10 rings (SSSR count). The third-order valence-corrected chi connectivity index (χ3v) is 11.3. The highest BCUT2D eigenvalue weighted by Crippen LogP contribution is 2.34. The Balaban J connectivity index is 0.882. The Morgan fingerprint density at radius 3 is 1.00 bits per heavy atom. The molecule has 0 atom stereocenters. The van der Waals surface area contributed by atoms with Gasteiger partial charge in [-0.2, -0.15) is 0 Å². The molecule has 0 bridgehead atoms. The van der Waals surface area contributed by atoms with Crippen molar-refractivity contribution in [1.82, 2.24) is 9.97 Å². The number of ether oxygens (including phenoxy) is 3. The molecule has 0 aliphatic carbocycles. The summed E-state index contributed by atoms with van der Waals surface area (Å²) in [4.78, 5) is 38.1. The van der Waals surface area contributed by atoms with Crippen molar-refractivity contribution < 1.29 is 23.8 Å². The van der Waals surface area contributed by atoms with Gasteiger partial charge in [0.15, 0.2) is 12.2 Å². The van der Waals surface area contributed by atoms with Crippen LogP contribution in [-0.2, 0) is 9.47 Å². The van der Waals surface area contributed by atoms with Crippen LogP contribution in [0.2, 0.25) is 0 Å². The summed E-state index contributed by atoms with van der Waals surface area (Å²) in [5, 5.41) is 1.42. The summed E-state index contributed by atoms with van der Waals surface area (Å²) in [6.07, 6.45) is -1.18. The maximum atomic E-state index is 14.1. The van der Waals surface area contributed by atoms with Gasteiger partial charge in [-0.25, -0.2) is 19.6 Å². The molecule has 7 heteroatoms. The van der Waals surface area contributed by atoms with Gasteiger partial charge in [0.05, 0.1) is 33.5 Å². The zero-order valence-corrected chi connectivity index (χ0v) is 35.0. The third kappa shape index (κ3) is 8.85. The van der Waals surface area contributed by atoms with Gasteiger partial charge < -0.3 is 14.2 Å². The van der Waals surface area contributed by atoms with E-state index < -0.39 is 24.1 Å². The highest BCUT2D eigenvalue weighted by Gasteiger charge is 2.24. The van der Waals surface area contributed by atoms with Crippen LogP contribution in [0, 0.1) is 0 Å². The number of benzene rings is 8. The maximum absolute atomic E-state index is 14.1. The number of rotatable bonds is 12. The summed E-state index contributed by atoms with van der Waals surface area (Å²) >= 11 is 0. The first-order valence-corrected chi connectivity index (χ1v) is 21.3. The van der Waals surface area contributed by atoms with Gasteiger partial charge in [0.2, 0.25) is 0 Å². The van der Waals surface area contributed by atoms with Gasteiger partial charge in [-0.05, 0) is 95.1 Å². The topological polar surface area (TPSA) is 87.6 Å². The summed E-state index contributed by atoms with van der Waals surface area (Å²) in [5.74, 6) is 0.355.